The van der Waals surface area contributed by atoms with E-state index in [9.17, 15) is 9.59 Å². The second kappa shape index (κ2) is 7.80. The zero-order chi connectivity index (χ0) is 18.7. The lowest BCUT2D eigenvalue weighted by Crippen LogP contribution is -2.23. The zero-order valence-corrected chi connectivity index (χ0v) is 16.3. The van der Waals surface area contributed by atoms with Gasteiger partial charge in [-0.1, -0.05) is 24.3 Å². The number of carbonyl (C=O) groups excluding carboxylic acids is 2. The summed E-state index contributed by atoms with van der Waals surface area (Å²) in [5.41, 5.74) is 2.81. The molecule has 2 aromatic heterocycles. The molecule has 1 unspecified atom stereocenters. The maximum absolute atomic E-state index is 12.2. The normalized spacial score (nSPS) is 11.8. The molecule has 2 N–H and O–H groups in total. The van der Waals surface area contributed by atoms with E-state index in [1.54, 1.807) is 0 Å². The average molecular weight is 386 g/mol. The number of amides is 2. The van der Waals surface area contributed by atoms with Crippen molar-refractivity contribution in [3.63, 3.8) is 0 Å². The lowest BCUT2D eigenvalue weighted by Gasteiger charge is -2.12. The van der Waals surface area contributed by atoms with Gasteiger partial charge in [0.15, 0.2) is 5.13 Å². The van der Waals surface area contributed by atoms with Gasteiger partial charge in [0, 0.05) is 22.7 Å². The predicted molar refractivity (Wildman–Crippen MR) is 107 cm³/mol. The molecule has 5 nitrogen and oxygen atoms in total. The largest absolute Gasteiger partial charge is 0.350 e. The SMILES string of the molecule is CC(=O)NC(C)c1ccc(-c2csc(NC(=O)c3ccc(C)s3)n2)cc1. The summed E-state index contributed by atoms with van der Waals surface area (Å²) in [4.78, 5) is 29.6. The first kappa shape index (κ1) is 18.3. The number of benzene rings is 1. The van der Waals surface area contributed by atoms with Gasteiger partial charge >= 0.3 is 0 Å². The molecule has 1 atom stereocenters. The predicted octanol–water partition coefficient (Wildman–Crippen LogP) is 4.63. The molecule has 2 heterocycles. The van der Waals surface area contributed by atoms with E-state index in [1.165, 1.54) is 29.6 Å². The van der Waals surface area contributed by atoms with Gasteiger partial charge in [-0.25, -0.2) is 4.98 Å². The van der Waals surface area contributed by atoms with E-state index < -0.39 is 0 Å². The number of aromatic nitrogens is 1. The van der Waals surface area contributed by atoms with Gasteiger partial charge in [0.25, 0.3) is 5.91 Å². The Hall–Kier alpha value is -2.51. The summed E-state index contributed by atoms with van der Waals surface area (Å²) in [6.07, 6.45) is 0. The molecule has 0 saturated heterocycles. The molecular formula is C19H19N3O2S2. The van der Waals surface area contributed by atoms with Crippen molar-refractivity contribution in [1.29, 1.82) is 0 Å². The van der Waals surface area contributed by atoms with E-state index in [0.29, 0.717) is 10.0 Å². The van der Waals surface area contributed by atoms with Crippen LogP contribution in [0.2, 0.25) is 0 Å². The quantitative estimate of drug-likeness (QED) is 0.673. The summed E-state index contributed by atoms with van der Waals surface area (Å²) in [6, 6.07) is 11.6. The van der Waals surface area contributed by atoms with Crippen molar-refractivity contribution in [3.8, 4) is 11.3 Å². The highest BCUT2D eigenvalue weighted by Crippen LogP contribution is 2.27. The molecule has 26 heavy (non-hydrogen) atoms. The molecule has 0 aliphatic carbocycles. The fourth-order valence-corrected chi connectivity index (χ4v) is 3.99. The van der Waals surface area contributed by atoms with Crippen molar-refractivity contribution in [2.75, 3.05) is 5.32 Å². The molecule has 3 rings (SSSR count). The van der Waals surface area contributed by atoms with Gasteiger partial charge in [0.1, 0.15) is 0 Å². The summed E-state index contributed by atoms with van der Waals surface area (Å²) in [6.45, 7) is 5.42. The van der Waals surface area contributed by atoms with Crippen LogP contribution in [0, 0.1) is 6.92 Å². The Labute approximate surface area is 160 Å². The van der Waals surface area contributed by atoms with Gasteiger partial charge in [-0.2, -0.15) is 0 Å². The Morgan fingerprint density at radius 2 is 1.85 bits per heavy atom. The van der Waals surface area contributed by atoms with Crippen LogP contribution in [0.4, 0.5) is 5.13 Å². The third kappa shape index (κ3) is 4.36. The Morgan fingerprint density at radius 1 is 1.12 bits per heavy atom. The molecular weight excluding hydrogens is 366 g/mol. The molecule has 134 valence electrons. The molecule has 0 fully saturated rings. The molecule has 7 heteroatoms. The third-order valence-electron chi connectivity index (χ3n) is 3.82. The number of nitrogens with zero attached hydrogens (tertiary/aromatic N) is 1. The van der Waals surface area contributed by atoms with Crippen molar-refractivity contribution in [3.05, 3.63) is 57.1 Å². The van der Waals surface area contributed by atoms with Crippen LogP contribution in [0.25, 0.3) is 11.3 Å². The lowest BCUT2D eigenvalue weighted by molar-refractivity contribution is -0.119. The Bertz CT molecular complexity index is 928. The first-order chi connectivity index (χ1) is 12.4. The molecule has 3 aromatic rings. The van der Waals surface area contributed by atoms with Gasteiger partial charge < -0.3 is 5.32 Å². The summed E-state index contributed by atoms with van der Waals surface area (Å²) < 4.78 is 0. The number of hydrogen-bond donors (Lipinski definition) is 2. The molecule has 0 saturated carbocycles. The highest BCUT2D eigenvalue weighted by atomic mass is 32.1. The highest BCUT2D eigenvalue weighted by molar-refractivity contribution is 7.15. The summed E-state index contributed by atoms with van der Waals surface area (Å²) in [5, 5.41) is 8.20. The number of thiazole rings is 1. The fraction of sp³-hybridized carbons (Fsp3) is 0.211. The smallest absolute Gasteiger partial charge is 0.267 e. The van der Waals surface area contributed by atoms with Gasteiger partial charge in [0.2, 0.25) is 5.91 Å². The van der Waals surface area contributed by atoms with Crippen LogP contribution in [0.1, 0.15) is 40.0 Å². The van der Waals surface area contributed by atoms with E-state index >= 15 is 0 Å². The van der Waals surface area contributed by atoms with Crippen LogP contribution in [0.3, 0.4) is 0 Å². The molecule has 0 radical (unpaired) electrons. The van der Waals surface area contributed by atoms with Crippen LogP contribution in [-0.4, -0.2) is 16.8 Å². The highest BCUT2D eigenvalue weighted by Gasteiger charge is 2.12. The fourth-order valence-electron chi connectivity index (χ4n) is 2.51. The van der Waals surface area contributed by atoms with Crippen molar-refractivity contribution in [2.45, 2.75) is 26.8 Å². The van der Waals surface area contributed by atoms with Crippen LogP contribution in [0.15, 0.2) is 41.8 Å². The van der Waals surface area contributed by atoms with Gasteiger partial charge in [-0.05, 0) is 31.5 Å². The second-order valence-electron chi connectivity index (χ2n) is 5.95. The summed E-state index contributed by atoms with van der Waals surface area (Å²) in [7, 11) is 0. The van der Waals surface area contributed by atoms with E-state index in [1.807, 2.05) is 55.6 Å². The zero-order valence-electron chi connectivity index (χ0n) is 14.7. The number of hydrogen-bond acceptors (Lipinski definition) is 5. The molecule has 0 bridgehead atoms. The Balaban J connectivity index is 1.69. The molecule has 0 aliphatic rings. The van der Waals surface area contributed by atoms with Gasteiger partial charge in [0.05, 0.1) is 16.6 Å². The molecule has 1 aromatic carbocycles. The molecule has 0 aliphatic heterocycles. The Morgan fingerprint density at radius 3 is 2.46 bits per heavy atom. The minimum Gasteiger partial charge on any atom is -0.350 e. The summed E-state index contributed by atoms with van der Waals surface area (Å²) >= 11 is 2.86. The van der Waals surface area contributed by atoms with Crippen molar-refractivity contribution in [1.82, 2.24) is 10.3 Å². The second-order valence-corrected chi connectivity index (χ2v) is 8.09. The number of rotatable bonds is 5. The van der Waals surface area contributed by atoms with E-state index in [-0.39, 0.29) is 17.9 Å². The first-order valence-electron chi connectivity index (χ1n) is 8.13. The molecule has 2 amide bonds. The van der Waals surface area contributed by atoms with Crippen LogP contribution >= 0.6 is 22.7 Å². The third-order valence-corrected chi connectivity index (χ3v) is 5.57. The monoisotopic (exact) mass is 385 g/mol. The standard InChI is InChI=1S/C19H19N3O2S2/c1-11-4-9-17(26-11)18(24)22-19-21-16(10-25-19)15-7-5-14(6-8-15)12(2)20-13(3)23/h4-10,12H,1-3H3,(H,20,23)(H,21,22,24). The van der Waals surface area contributed by atoms with E-state index in [2.05, 4.69) is 15.6 Å². The first-order valence-corrected chi connectivity index (χ1v) is 9.83. The van der Waals surface area contributed by atoms with Crippen LogP contribution in [-0.2, 0) is 4.79 Å². The van der Waals surface area contributed by atoms with E-state index in [0.717, 1.165) is 21.7 Å². The van der Waals surface area contributed by atoms with Crippen molar-refractivity contribution < 1.29 is 9.59 Å². The number of thiophene rings is 1. The van der Waals surface area contributed by atoms with Crippen LogP contribution in [0.5, 0.6) is 0 Å². The summed E-state index contributed by atoms with van der Waals surface area (Å²) in [5.74, 6) is -0.189. The van der Waals surface area contributed by atoms with Gasteiger partial charge in [-0.3, -0.25) is 14.9 Å². The Kier molecular flexibility index (Phi) is 5.49. The minimum absolute atomic E-state index is 0.0407. The topological polar surface area (TPSA) is 71.1 Å². The lowest BCUT2D eigenvalue weighted by atomic mass is 10.1. The van der Waals surface area contributed by atoms with Gasteiger partial charge in [-0.15, -0.1) is 22.7 Å². The molecule has 0 spiro atoms. The van der Waals surface area contributed by atoms with Crippen molar-refractivity contribution in [2.24, 2.45) is 0 Å². The minimum atomic E-state index is -0.136. The maximum atomic E-state index is 12.2. The number of nitrogens with one attached hydrogen (secondary N) is 2. The van der Waals surface area contributed by atoms with E-state index in [4.69, 9.17) is 0 Å². The van der Waals surface area contributed by atoms with Crippen LogP contribution < -0.4 is 10.6 Å². The number of aryl methyl sites for hydroxylation is 1. The maximum Gasteiger partial charge on any atom is 0.267 e. The van der Waals surface area contributed by atoms with Crippen molar-refractivity contribution >= 4 is 39.6 Å². The average Bonchev–Trinajstić information content (AvgIpc) is 3.23. The number of carbonyl (C=O) groups is 2. The number of anilines is 1.